The second-order valence-electron chi connectivity index (χ2n) is 5.94. The number of aryl methyl sites for hydroxylation is 2. The van der Waals surface area contributed by atoms with Crippen LogP contribution in [0.2, 0.25) is 0 Å². The van der Waals surface area contributed by atoms with E-state index in [4.69, 9.17) is 8.94 Å². The molecule has 4 rings (SSSR count). The lowest BCUT2D eigenvalue weighted by atomic mass is 10.1. The van der Waals surface area contributed by atoms with Crippen molar-refractivity contribution in [1.82, 2.24) is 20.3 Å². The molecule has 0 saturated carbocycles. The van der Waals surface area contributed by atoms with E-state index >= 15 is 0 Å². The minimum Gasteiger partial charge on any atom is -0.411 e. The number of aromatic nitrogens is 4. The van der Waals surface area contributed by atoms with Gasteiger partial charge in [0.05, 0.1) is 10.1 Å². The topological polar surface area (TPSA) is 77.8 Å². The summed E-state index contributed by atoms with van der Waals surface area (Å²) in [5.74, 6) is 1.64. The van der Waals surface area contributed by atoms with Gasteiger partial charge in [0.1, 0.15) is 0 Å². The van der Waals surface area contributed by atoms with Gasteiger partial charge in [-0.2, -0.15) is 4.98 Å². The highest BCUT2D eigenvalue weighted by Crippen LogP contribution is 2.35. The molecular formula is C18H16N4O2S2. The molecule has 0 aliphatic rings. The van der Waals surface area contributed by atoms with Crippen LogP contribution in [0.15, 0.2) is 49.9 Å². The largest absolute Gasteiger partial charge is 0.411 e. The standard InChI is InChI=1S/C18H16N4O2S2/c1-10-7-11(2)9-13(8-10)17-20-21-18(23-17)26-12(3)16-19-15(22-24-16)14-5-4-6-25-14/h4-9,12H,1-3H3. The number of thioether (sulfide) groups is 1. The van der Waals surface area contributed by atoms with Crippen LogP contribution < -0.4 is 0 Å². The Bertz CT molecular complexity index is 1000. The summed E-state index contributed by atoms with van der Waals surface area (Å²) < 4.78 is 11.2. The van der Waals surface area contributed by atoms with Gasteiger partial charge >= 0.3 is 0 Å². The maximum Gasteiger partial charge on any atom is 0.277 e. The summed E-state index contributed by atoms with van der Waals surface area (Å²) in [6, 6.07) is 10.1. The lowest BCUT2D eigenvalue weighted by Crippen LogP contribution is -1.88. The van der Waals surface area contributed by atoms with E-state index in [-0.39, 0.29) is 5.25 Å². The fourth-order valence-corrected chi connectivity index (χ4v) is 3.94. The number of nitrogens with zero attached hydrogens (tertiary/aromatic N) is 4. The average Bonchev–Trinajstić information content (AvgIpc) is 3.34. The lowest BCUT2D eigenvalue weighted by molar-refractivity contribution is 0.379. The zero-order valence-electron chi connectivity index (χ0n) is 14.5. The summed E-state index contributed by atoms with van der Waals surface area (Å²) in [7, 11) is 0. The second-order valence-corrected chi connectivity index (χ2v) is 8.18. The van der Waals surface area contributed by atoms with Gasteiger partial charge in [-0.25, -0.2) is 0 Å². The minimum absolute atomic E-state index is 0.0937. The molecule has 3 aromatic heterocycles. The molecule has 1 aromatic carbocycles. The molecule has 0 amide bonds. The van der Waals surface area contributed by atoms with E-state index < -0.39 is 0 Å². The summed E-state index contributed by atoms with van der Waals surface area (Å²) in [6.45, 7) is 6.06. The van der Waals surface area contributed by atoms with E-state index in [1.54, 1.807) is 11.3 Å². The molecule has 8 heteroatoms. The van der Waals surface area contributed by atoms with Gasteiger partial charge < -0.3 is 8.94 Å². The van der Waals surface area contributed by atoms with Gasteiger partial charge in [0.25, 0.3) is 5.22 Å². The molecule has 4 aromatic rings. The highest BCUT2D eigenvalue weighted by atomic mass is 32.2. The molecule has 0 radical (unpaired) electrons. The van der Waals surface area contributed by atoms with Gasteiger partial charge in [0.15, 0.2) is 0 Å². The maximum absolute atomic E-state index is 5.80. The minimum atomic E-state index is -0.0937. The Labute approximate surface area is 158 Å². The monoisotopic (exact) mass is 384 g/mol. The van der Waals surface area contributed by atoms with Crippen LogP contribution in [0.4, 0.5) is 0 Å². The average molecular weight is 384 g/mol. The van der Waals surface area contributed by atoms with Gasteiger partial charge in [-0.15, -0.1) is 21.5 Å². The van der Waals surface area contributed by atoms with E-state index in [2.05, 4.69) is 26.4 Å². The molecular weight excluding hydrogens is 368 g/mol. The number of hydrogen-bond donors (Lipinski definition) is 0. The predicted octanol–water partition coefficient (Wildman–Crippen LogP) is 5.32. The lowest BCUT2D eigenvalue weighted by Gasteiger charge is -2.02. The molecule has 1 unspecified atom stereocenters. The Balaban J connectivity index is 1.50. The van der Waals surface area contributed by atoms with Crippen molar-refractivity contribution < 1.29 is 8.94 Å². The van der Waals surface area contributed by atoms with Crippen LogP contribution in [0.3, 0.4) is 0 Å². The molecule has 6 nitrogen and oxygen atoms in total. The molecule has 132 valence electrons. The van der Waals surface area contributed by atoms with Crippen molar-refractivity contribution in [2.24, 2.45) is 0 Å². The molecule has 1 atom stereocenters. The van der Waals surface area contributed by atoms with Gasteiger partial charge in [-0.05, 0) is 44.4 Å². The Morgan fingerprint density at radius 1 is 1.12 bits per heavy atom. The van der Waals surface area contributed by atoms with Crippen LogP contribution in [0, 0.1) is 13.8 Å². The van der Waals surface area contributed by atoms with Gasteiger partial charge in [-0.1, -0.05) is 40.2 Å². The van der Waals surface area contributed by atoms with E-state index in [9.17, 15) is 0 Å². The first kappa shape index (κ1) is 17.0. The third-order valence-corrected chi connectivity index (χ3v) is 5.47. The number of thiophene rings is 1. The molecule has 3 heterocycles. The quantitative estimate of drug-likeness (QED) is 0.431. The maximum atomic E-state index is 5.80. The molecule has 0 aliphatic carbocycles. The van der Waals surface area contributed by atoms with Crippen LogP contribution in [0.25, 0.3) is 22.2 Å². The Morgan fingerprint density at radius 2 is 1.92 bits per heavy atom. The molecule has 26 heavy (non-hydrogen) atoms. The number of benzene rings is 1. The Hall–Kier alpha value is -2.45. The van der Waals surface area contributed by atoms with Gasteiger partial charge in [0, 0.05) is 5.56 Å². The van der Waals surface area contributed by atoms with Gasteiger partial charge in [-0.3, -0.25) is 0 Å². The van der Waals surface area contributed by atoms with Crippen molar-refractivity contribution in [3.63, 3.8) is 0 Å². The summed E-state index contributed by atoms with van der Waals surface area (Å²) in [6.07, 6.45) is 0. The zero-order chi connectivity index (χ0) is 18.1. The predicted molar refractivity (Wildman–Crippen MR) is 101 cm³/mol. The van der Waals surface area contributed by atoms with Crippen molar-refractivity contribution in [3.05, 3.63) is 52.7 Å². The third kappa shape index (κ3) is 3.56. The van der Waals surface area contributed by atoms with Crippen LogP contribution in [-0.2, 0) is 0 Å². The summed E-state index contributed by atoms with van der Waals surface area (Å²) in [5.41, 5.74) is 3.24. The first-order chi connectivity index (χ1) is 12.6. The molecule has 0 spiro atoms. The number of hydrogen-bond acceptors (Lipinski definition) is 8. The highest BCUT2D eigenvalue weighted by molar-refractivity contribution is 7.99. The molecule has 0 aliphatic heterocycles. The van der Waals surface area contributed by atoms with Crippen molar-refractivity contribution in [1.29, 1.82) is 0 Å². The van der Waals surface area contributed by atoms with Crippen molar-refractivity contribution in [2.45, 2.75) is 31.2 Å². The van der Waals surface area contributed by atoms with Gasteiger partial charge in [0.2, 0.25) is 17.6 Å². The molecule has 0 saturated heterocycles. The Kier molecular flexibility index (Phi) is 4.60. The van der Waals surface area contributed by atoms with Crippen molar-refractivity contribution in [2.75, 3.05) is 0 Å². The zero-order valence-corrected chi connectivity index (χ0v) is 16.1. The Morgan fingerprint density at radius 3 is 2.65 bits per heavy atom. The summed E-state index contributed by atoms with van der Waals surface area (Å²) in [4.78, 5) is 5.44. The molecule has 0 N–H and O–H groups in total. The third-order valence-electron chi connectivity index (χ3n) is 3.68. The van der Waals surface area contributed by atoms with E-state index in [0.717, 1.165) is 21.6 Å². The summed E-state index contributed by atoms with van der Waals surface area (Å²) in [5, 5.41) is 14.7. The van der Waals surface area contributed by atoms with Crippen LogP contribution in [-0.4, -0.2) is 20.3 Å². The fraction of sp³-hybridized carbons (Fsp3) is 0.222. The van der Waals surface area contributed by atoms with E-state index in [1.165, 1.54) is 11.8 Å². The molecule has 0 fully saturated rings. The highest BCUT2D eigenvalue weighted by Gasteiger charge is 2.20. The smallest absolute Gasteiger partial charge is 0.277 e. The summed E-state index contributed by atoms with van der Waals surface area (Å²) >= 11 is 2.97. The second kappa shape index (κ2) is 7.05. The normalized spacial score (nSPS) is 12.4. The van der Waals surface area contributed by atoms with E-state index in [1.807, 2.05) is 50.4 Å². The first-order valence-electron chi connectivity index (χ1n) is 8.05. The first-order valence-corrected chi connectivity index (χ1v) is 9.81. The molecule has 0 bridgehead atoms. The SMILES string of the molecule is Cc1cc(C)cc(-c2nnc(SC(C)c3nc(-c4cccs4)no3)o2)c1. The number of rotatable bonds is 5. The van der Waals surface area contributed by atoms with Crippen molar-refractivity contribution in [3.8, 4) is 22.2 Å². The van der Waals surface area contributed by atoms with Crippen molar-refractivity contribution >= 4 is 23.1 Å². The fourth-order valence-electron chi connectivity index (χ4n) is 2.58. The van der Waals surface area contributed by atoms with Crippen LogP contribution >= 0.6 is 23.1 Å². The van der Waals surface area contributed by atoms with Crippen LogP contribution in [0.1, 0.15) is 29.2 Å². The van der Waals surface area contributed by atoms with Crippen LogP contribution in [0.5, 0.6) is 0 Å². The van der Waals surface area contributed by atoms with E-state index in [0.29, 0.717) is 22.8 Å².